The largest absolute Gasteiger partial charge is 0.391 e. The molecule has 1 saturated heterocycles. The number of ether oxygens (including phenoxy) is 1. The topological polar surface area (TPSA) is 78.9 Å². The summed E-state index contributed by atoms with van der Waals surface area (Å²) in [5.74, 6) is 0.388. The quantitative estimate of drug-likeness (QED) is 0.776. The molecule has 152 valence electrons. The Morgan fingerprint density at radius 2 is 2.11 bits per heavy atom. The van der Waals surface area contributed by atoms with Crippen molar-refractivity contribution in [2.75, 3.05) is 20.2 Å². The minimum Gasteiger partial charge on any atom is -0.391 e. The standard InChI is InChI=1S/C22H30N2O4/c1-14(28-2)20(26)23-12-17-10-18(25)13-24(17)21(27)19-15-8-9-22(19,11-15)16-6-4-3-5-7-16/h3-7,14-15,17-19,25H,8-13H2,1-2H3,(H,23,26)/t14-,15-,17-,18-,19+,22+/m1/s1. The van der Waals surface area contributed by atoms with E-state index < -0.39 is 12.2 Å². The van der Waals surface area contributed by atoms with Crippen molar-refractivity contribution in [2.45, 2.75) is 56.3 Å². The first-order valence-electron chi connectivity index (χ1n) is 10.3. The van der Waals surface area contributed by atoms with Gasteiger partial charge in [-0.15, -0.1) is 0 Å². The van der Waals surface area contributed by atoms with Crippen LogP contribution < -0.4 is 5.32 Å². The lowest BCUT2D eigenvalue weighted by molar-refractivity contribution is -0.145. The number of likely N-dealkylation sites (tertiary alicyclic amines) is 1. The van der Waals surface area contributed by atoms with Crippen LogP contribution in [-0.2, 0) is 19.7 Å². The molecule has 1 aromatic rings. The predicted octanol–water partition coefficient (Wildman–Crippen LogP) is 1.47. The van der Waals surface area contributed by atoms with Gasteiger partial charge in [0.1, 0.15) is 6.10 Å². The van der Waals surface area contributed by atoms with Crippen LogP contribution in [0.15, 0.2) is 30.3 Å². The fourth-order valence-electron chi connectivity index (χ4n) is 5.63. The number of rotatable bonds is 6. The van der Waals surface area contributed by atoms with Gasteiger partial charge in [-0.05, 0) is 44.1 Å². The van der Waals surface area contributed by atoms with Crippen molar-refractivity contribution in [3.8, 4) is 0 Å². The summed E-state index contributed by atoms with van der Waals surface area (Å²) in [7, 11) is 1.49. The summed E-state index contributed by atoms with van der Waals surface area (Å²) in [4.78, 5) is 27.4. The summed E-state index contributed by atoms with van der Waals surface area (Å²) in [5.41, 5.74) is 1.22. The maximum absolute atomic E-state index is 13.5. The zero-order chi connectivity index (χ0) is 19.9. The summed E-state index contributed by atoms with van der Waals surface area (Å²) in [6, 6.07) is 10.2. The fraction of sp³-hybridized carbons (Fsp3) is 0.636. The van der Waals surface area contributed by atoms with Gasteiger partial charge in [-0.2, -0.15) is 0 Å². The molecule has 1 aliphatic heterocycles. The van der Waals surface area contributed by atoms with Gasteiger partial charge in [-0.3, -0.25) is 9.59 Å². The van der Waals surface area contributed by atoms with Gasteiger partial charge < -0.3 is 20.1 Å². The number of hydrogen-bond acceptors (Lipinski definition) is 4. The second-order valence-electron chi connectivity index (χ2n) is 8.66. The molecule has 3 saturated carbocycles. The number of β-amino-alcohol motifs (C(OH)–C–C–N with tert-alkyl or cyclic N) is 1. The molecule has 2 bridgehead atoms. The van der Waals surface area contributed by atoms with E-state index in [1.165, 1.54) is 12.7 Å². The summed E-state index contributed by atoms with van der Waals surface area (Å²) < 4.78 is 5.04. The van der Waals surface area contributed by atoms with Crippen LogP contribution in [0, 0.1) is 11.8 Å². The number of benzene rings is 1. The molecule has 5 rings (SSSR count). The molecule has 2 N–H and O–H groups in total. The molecule has 3 aliphatic carbocycles. The monoisotopic (exact) mass is 386 g/mol. The third-order valence-electron chi connectivity index (χ3n) is 7.18. The van der Waals surface area contributed by atoms with E-state index in [2.05, 4.69) is 17.4 Å². The highest BCUT2D eigenvalue weighted by Crippen LogP contribution is 2.64. The fourth-order valence-corrected chi connectivity index (χ4v) is 5.63. The van der Waals surface area contributed by atoms with Gasteiger partial charge in [0.25, 0.3) is 0 Å². The van der Waals surface area contributed by atoms with E-state index in [0.717, 1.165) is 19.3 Å². The molecule has 4 aliphatic rings. The molecular weight excluding hydrogens is 356 g/mol. The van der Waals surface area contributed by atoms with Crippen molar-refractivity contribution in [3.63, 3.8) is 0 Å². The molecule has 0 aromatic heterocycles. The minimum atomic E-state index is -0.531. The number of nitrogens with zero attached hydrogens (tertiary/aromatic N) is 1. The number of fused-ring (bicyclic) bond motifs is 1. The van der Waals surface area contributed by atoms with Crippen LogP contribution in [-0.4, -0.2) is 60.3 Å². The lowest BCUT2D eigenvalue weighted by Crippen LogP contribution is -2.56. The summed E-state index contributed by atoms with van der Waals surface area (Å²) in [6.45, 7) is 2.40. The number of nitrogens with one attached hydrogen (secondary N) is 1. The van der Waals surface area contributed by atoms with E-state index in [-0.39, 0.29) is 29.2 Å². The minimum absolute atomic E-state index is 0.00343. The van der Waals surface area contributed by atoms with Crippen molar-refractivity contribution in [2.24, 2.45) is 11.8 Å². The first kappa shape index (κ1) is 19.4. The van der Waals surface area contributed by atoms with Crippen LogP contribution in [0.4, 0.5) is 0 Å². The van der Waals surface area contributed by atoms with Crippen LogP contribution in [0.2, 0.25) is 0 Å². The average Bonchev–Trinajstić information content (AvgIpc) is 3.39. The van der Waals surface area contributed by atoms with Gasteiger partial charge in [-0.1, -0.05) is 30.3 Å². The van der Waals surface area contributed by atoms with Crippen molar-refractivity contribution in [3.05, 3.63) is 35.9 Å². The Bertz CT molecular complexity index is 735. The Balaban J connectivity index is 1.48. The number of aliphatic hydroxyl groups is 1. The summed E-state index contributed by atoms with van der Waals surface area (Å²) >= 11 is 0. The zero-order valence-corrected chi connectivity index (χ0v) is 16.6. The molecule has 0 spiro atoms. The maximum atomic E-state index is 13.5. The Morgan fingerprint density at radius 3 is 2.79 bits per heavy atom. The summed E-state index contributed by atoms with van der Waals surface area (Å²) in [6.07, 6.45) is 2.67. The molecule has 4 fully saturated rings. The van der Waals surface area contributed by atoms with E-state index in [1.54, 1.807) is 6.92 Å². The van der Waals surface area contributed by atoms with Gasteiger partial charge in [0, 0.05) is 25.6 Å². The van der Waals surface area contributed by atoms with Crippen LogP contribution in [0.25, 0.3) is 0 Å². The van der Waals surface area contributed by atoms with Gasteiger partial charge in [-0.25, -0.2) is 0 Å². The van der Waals surface area contributed by atoms with Crippen LogP contribution >= 0.6 is 0 Å². The number of amides is 2. The Kier molecular flexibility index (Phi) is 5.19. The van der Waals surface area contributed by atoms with Crippen LogP contribution in [0.1, 0.15) is 38.2 Å². The smallest absolute Gasteiger partial charge is 0.248 e. The first-order valence-corrected chi connectivity index (χ1v) is 10.3. The van der Waals surface area contributed by atoms with E-state index in [0.29, 0.717) is 25.4 Å². The third-order valence-corrected chi connectivity index (χ3v) is 7.18. The second kappa shape index (κ2) is 7.48. The number of carbonyl (C=O) groups is 2. The zero-order valence-electron chi connectivity index (χ0n) is 16.6. The van der Waals surface area contributed by atoms with E-state index >= 15 is 0 Å². The number of hydrogen-bond donors (Lipinski definition) is 2. The highest BCUT2D eigenvalue weighted by atomic mass is 16.5. The lowest BCUT2D eigenvalue weighted by Gasteiger charge is -2.49. The molecule has 1 aromatic carbocycles. The van der Waals surface area contributed by atoms with Gasteiger partial charge >= 0.3 is 0 Å². The van der Waals surface area contributed by atoms with E-state index in [9.17, 15) is 14.7 Å². The van der Waals surface area contributed by atoms with Crippen LogP contribution in [0.3, 0.4) is 0 Å². The van der Waals surface area contributed by atoms with Crippen LogP contribution in [0.5, 0.6) is 0 Å². The van der Waals surface area contributed by atoms with E-state index in [4.69, 9.17) is 4.74 Å². The number of aliphatic hydroxyl groups excluding tert-OH is 1. The molecule has 0 radical (unpaired) electrons. The van der Waals surface area contributed by atoms with Gasteiger partial charge in [0.05, 0.1) is 18.1 Å². The Hall–Kier alpha value is -1.92. The maximum Gasteiger partial charge on any atom is 0.248 e. The molecule has 6 atom stereocenters. The van der Waals surface area contributed by atoms with Gasteiger partial charge in [0.2, 0.25) is 11.8 Å². The molecule has 6 heteroatoms. The van der Waals surface area contributed by atoms with Crippen molar-refractivity contribution in [1.82, 2.24) is 10.2 Å². The number of methoxy groups -OCH3 is 1. The average molecular weight is 386 g/mol. The predicted molar refractivity (Wildman–Crippen MR) is 105 cm³/mol. The molecule has 2 amide bonds. The second-order valence-corrected chi connectivity index (χ2v) is 8.66. The van der Waals surface area contributed by atoms with Crippen molar-refractivity contribution < 1.29 is 19.4 Å². The molecule has 0 unspecified atom stereocenters. The number of carbonyl (C=O) groups excluding carboxylic acids is 2. The first-order chi connectivity index (χ1) is 13.5. The van der Waals surface area contributed by atoms with Crippen molar-refractivity contribution >= 4 is 11.8 Å². The molecule has 1 heterocycles. The van der Waals surface area contributed by atoms with Crippen molar-refractivity contribution in [1.29, 1.82) is 0 Å². The molecular formula is C22H30N2O4. The summed E-state index contributed by atoms with van der Waals surface area (Å²) in [5, 5.41) is 13.1. The Labute approximate surface area is 166 Å². The molecule has 28 heavy (non-hydrogen) atoms. The highest BCUT2D eigenvalue weighted by molar-refractivity contribution is 5.84. The highest BCUT2D eigenvalue weighted by Gasteiger charge is 2.63. The Morgan fingerprint density at radius 1 is 1.36 bits per heavy atom. The van der Waals surface area contributed by atoms with E-state index in [1.807, 2.05) is 23.1 Å². The SMILES string of the molecule is CO[C@H](C)C(=O)NC[C@H]1C[C@@H](O)CN1C(=O)[C@@H]1[C@@H]2CC[C@@]1(c1ccccc1)C2. The third kappa shape index (κ3) is 3.12. The van der Waals surface area contributed by atoms with Gasteiger partial charge in [0.15, 0.2) is 0 Å². The lowest BCUT2D eigenvalue weighted by atomic mass is 9.56. The molecule has 6 nitrogen and oxygen atoms in total. The normalized spacial score (nSPS) is 34.8.